The predicted octanol–water partition coefficient (Wildman–Crippen LogP) is 0.800. The fraction of sp³-hybridized carbons (Fsp3) is 0.467. The molecule has 23 heavy (non-hydrogen) atoms. The first-order chi connectivity index (χ1) is 11.2. The molecule has 2 amide bonds. The number of hydrogen-bond acceptors (Lipinski definition) is 6. The Kier molecular flexibility index (Phi) is 4.82. The Labute approximate surface area is 134 Å². The molecular formula is C15H20N6O2. The maximum atomic E-state index is 12.1. The van der Waals surface area contributed by atoms with Crippen molar-refractivity contribution < 1.29 is 9.32 Å². The topological polar surface area (TPSA) is 87.4 Å². The van der Waals surface area contributed by atoms with Gasteiger partial charge in [0.2, 0.25) is 5.89 Å². The third-order valence-corrected chi connectivity index (χ3v) is 3.73. The van der Waals surface area contributed by atoms with E-state index >= 15 is 0 Å². The maximum absolute atomic E-state index is 12.1. The second-order valence-electron chi connectivity index (χ2n) is 5.48. The Morgan fingerprint density at radius 2 is 2.13 bits per heavy atom. The van der Waals surface area contributed by atoms with Crippen LogP contribution < -0.4 is 5.32 Å². The number of piperazine rings is 1. The first kappa shape index (κ1) is 15.4. The molecule has 1 fully saturated rings. The van der Waals surface area contributed by atoms with Crippen LogP contribution >= 0.6 is 0 Å². The Morgan fingerprint density at radius 1 is 1.30 bits per heavy atom. The molecule has 122 valence electrons. The van der Waals surface area contributed by atoms with E-state index in [1.807, 2.05) is 18.2 Å². The van der Waals surface area contributed by atoms with Crippen molar-refractivity contribution in [3.63, 3.8) is 0 Å². The number of pyridine rings is 1. The maximum Gasteiger partial charge on any atom is 0.317 e. The fourth-order valence-corrected chi connectivity index (χ4v) is 2.50. The van der Waals surface area contributed by atoms with Crippen LogP contribution in [0.15, 0.2) is 28.9 Å². The van der Waals surface area contributed by atoms with Crippen molar-refractivity contribution in [2.45, 2.75) is 20.0 Å². The number of rotatable bonds is 4. The van der Waals surface area contributed by atoms with E-state index in [-0.39, 0.29) is 12.6 Å². The third kappa shape index (κ3) is 4.26. The molecule has 8 nitrogen and oxygen atoms in total. The zero-order chi connectivity index (χ0) is 16.1. The van der Waals surface area contributed by atoms with E-state index in [4.69, 9.17) is 4.52 Å². The summed E-state index contributed by atoms with van der Waals surface area (Å²) in [5.74, 6) is 0.988. The fourth-order valence-electron chi connectivity index (χ4n) is 2.50. The van der Waals surface area contributed by atoms with E-state index in [9.17, 15) is 4.79 Å². The van der Waals surface area contributed by atoms with Crippen LogP contribution in [0.1, 0.15) is 17.4 Å². The highest BCUT2D eigenvalue weighted by Crippen LogP contribution is 2.07. The molecule has 3 rings (SSSR count). The minimum absolute atomic E-state index is 0.0988. The van der Waals surface area contributed by atoms with Crippen LogP contribution in [0.3, 0.4) is 0 Å². The molecule has 1 aliphatic heterocycles. The summed E-state index contributed by atoms with van der Waals surface area (Å²) < 4.78 is 4.98. The number of amides is 2. The second-order valence-corrected chi connectivity index (χ2v) is 5.48. The Hall–Kier alpha value is -2.48. The van der Waals surface area contributed by atoms with Gasteiger partial charge in [0.25, 0.3) is 0 Å². The minimum atomic E-state index is -0.0988. The van der Waals surface area contributed by atoms with Crippen molar-refractivity contribution in [3.05, 3.63) is 41.8 Å². The zero-order valence-electron chi connectivity index (χ0n) is 13.1. The normalized spacial score (nSPS) is 15.6. The first-order valence-corrected chi connectivity index (χ1v) is 7.65. The van der Waals surface area contributed by atoms with Crippen LogP contribution in [0.5, 0.6) is 0 Å². The Bertz CT molecular complexity index is 636. The molecule has 1 saturated heterocycles. The number of urea groups is 1. The van der Waals surface area contributed by atoms with Gasteiger partial charge in [-0.3, -0.25) is 9.88 Å². The van der Waals surface area contributed by atoms with Gasteiger partial charge in [-0.1, -0.05) is 11.2 Å². The summed E-state index contributed by atoms with van der Waals surface area (Å²) >= 11 is 0. The van der Waals surface area contributed by atoms with Crippen LogP contribution in [-0.4, -0.2) is 57.1 Å². The van der Waals surface area contributed by atoms with Gasteiger partial charge in [-0.2, -0.15) is 4.98 Å². The summed E-state index contributed by atoms with van der Waals surface area (Å²) in [4.78, 5) is 24.6. The van der Waals surface area contributed by atoms with Crippen LogP contribution in [0.2, 0.25) is 0 Å². The standard InChI is InChI=1S/C15H20N6O2/c1-12-18-14(23-19-12)10-17-15(22)21-8-6-20(7-9-21)11-13-4-2-3-5-16-13/h2-5H,6-11H2,1H3,(H,17,22). The highest BCUT2D eigenvalue weighted by Gasteiger charge is 2.21. The van der Waals surface area contributed by atoms with Gasteiger partial charge in [-0.05, 0) is 19.1 Å². The average molecular weight is 316 g/mol. The van der Waals surface area contributed by atoms with Gasteiger partial charge in [0, 0.05) is 38.9 Å². The summed E-state index contributed by atoms with van der Waals surface area (Å²) in [6, 6.07) is 5.83. The molecule has 0 radical (unpaired) electrons. The number of carbonyl (C=O) groups is 1. The van der Waals surface area contributed by atoms with Crippen LogP contribution in [0.4, 0.5) is 4.79 Å². The van der Waals surface area contributed by atoms with Crippen molar-refractivity contribution in [2.24, 2.45) is 0 Å². The first-order valence-electron chi connectivity index (χ1n) is 7.65. The highest BCUT2D eigenvalue weighted by molar-refractivity contribution is 5.74. The van der Waals surface area contributed by atoms with Gasteiger partial charge in [0.05, 0.1) is 12.2 Å². The van der Waals surface area contributed by atoms with Crippen LogP contribution in [-0.2, 0) is 13.1 Å². The number of aryl methyl sites for hydroxylation is 1. The summed E-state index contributed by atoms with van der Waals surface area (Å²) in [7, 11) is 0. The van der Waals surface area contributed by atoms with Gasteiger partial charge in [0.1, 0.15) is 0 Å². The van der Waals surface area contributed by atoms with E-state index < -0.39 is 0 Å². The zero-order valence-corrected chi connectivity index (χ0v) is 13.1. The van der Waals surface area contributed by atoms with Crippen molar-refractivity contribution >= 4 is 6.03 Å². The van der Waals surface area contributed by atoms with Crippen LogP contribution in [0.25, 0.3) is 0 Å². The number of carbonyl (C=O) groups excluding carboxylic acids is 1. The van der Waals surface area contributed by atoms with Gasteiger partial charge in [-0.15, -0.1) is 0 Å². The average Bonchev–Trinajstić information content (AvgIpc) is 3.00. The molecule has 0 aliphatic carbocycles. The van der Waals surface area contributed by atoms with Crippen LogP contribution in [0, 0.1) is 6.92 Å². The molecule has 8 heteroatoms. The molecule has 2 aromatic heterocycles. The summed E-state index contributed by atoms with van der Waals surface area (Å²) in [6.07, 6.45) is 1.80. The lowest BCUT2D eigenvalue weighted by atomic mass is 10.3. The third-order valence-electron chi connectivity index (χ3n) is 3.73. The van der Waals surface area contributed by atoms with Gasteiger partial charge < -0.3 is 14.7 Å². The van der Waals surface area contributed by atoms with E-state index in [0.717, 1.165) is 25.3 Å². The molecule has 0 saturated carbocycles. The lowest BCUT2D eigenvalue weighted by Gasteiger charge is -2.34. The molecule has 0 atom stereocenters. The summed E-state index contributed by atoms with van der Waals surface area (Å²) in [5, 5.41) is 6.50. The largest absolute Gasteiger partial charge is 0.337 e. The van der Waals surface area contributed by atoms with Crippen molar-refractivity contribution in [1.29, 1.82) is 0 Å². The minimum Gasteiger partial charge on any atom is -0.337 e. The SMILES string of the molecule is Cc1noc(CNC(=O)N2CCN(Cc3ccccn3)CC2)n1. The van der Waals surface area contributed by atoms with E-state index in [2.05, 4.69) is 25.3 Å². The van der Waals surface area contributed by atoms with Crippen molar-refractivity contribution in [3.8, 4) is 0 Å². The number of nitrogens with one attached hydrogen (secondary N) is 1. The number of hydrogen-bond donors (Lipinski definition) is 1. The van der Waals surface area contributed by atoms with E-state index in [1.54, 1.807) is 18.0 Å². The van der Waals surface area contributed by atoms with E-state index in [0.29, 0.717) is 24.8 Å². The Balaban J connectivity index is 1.42. The smallest absolute Gasteiger partial charge is 0.317 e. The van der Waals surface area contributed by atoms with Gasteiger partial charge in [0.15, 0.2) is 5.82 Å². The molecule has 0 bridgehead atoms. The second kappa shape index (κ2) is 7.19. The monoisotopic (exact) mass is 316 g/mol. The predicted molar refractivity (Wildman–Crippen MR) is 82.4 cm³/mol. The van der Waals surface area contributed by atoms with Crippen molar-refractivity contribution in [2.75, 3.05) is 26.2 Å². The molecule has 2 aromatic rings. The molecule has 1 N–H and O–H groups in total. The molecule has 0 aromatic carbocycles. The molecule has 1 aliphatic rings. The lowest BCUT2D eigenvalue weighted by molar-refractivity contribution is 0.133. The highest BCUT2D eigenvalue weighted by atomic mass is 16.5. The van der Waals surface area contributed by atoms with Gasteiger partial charge >= 0.3 is 6.03 Å². The van der Waals surface area contributed by atoms with Crippen molar-refractivity contribution in [1.82, 2.24) is 30.2 Å². The number of nitrogens with zero attached hydrogens (tertiary/aromatic N) is 5. The molecule has 0 unspecified atom stereocenters. The Morgan fingerprint density at radius 3 is 2.78 bits per heavy atom. The summed E-state index contributed by atoms with van der Waals surface area (Å²) in [5.41, 5.74) is 1.05. The lowest BCUT2D eigenvalue weighted by Crippen LogP contribution is -2.51. The van der Waals surface area contributed by atoms with Gasteiger partial charge in [-0.25, -0.2) is 4.79 Å². The summed E-state index contributed by atoms with van der Waals surface area (Å²) in [6.45, 7) is 5.89. The molecule has 0 spiro atoms. The van der Waals surface area contributed by atoms with E-state index in [1.165, 1.54) is 0 Å². The molecule has 3 heterocycles. The molecular weight excluding hydrogens is 296 g/mol. The number of aromatic nitrogens is 3. The quantitative estimate of drug-likeness (QED) is 0.898.